The summed E-state index contributed by atoms with van der Waals surface area (Å²) in [6.45, 7) is 6.90. The van der Waals surface area contributed by atoms with Crippen molar-refractivity contribution in [2.45, 2.75) is 58.4 Å². The van der Waals surface area contributed by atoms with E-state index in [-0.39, 0.29) is 6.61 Å². The van der Waals surface area contributed by atoms with E-state index in [4.69, 9.17) is 14.4 Å². The predicted molar refractivity (Wildman–Crippen MR) is 92.6 cm³/mol. The fraction of sp³-hybridized carbons (Fsp3) is 0.556. The number of ether oxygens (including phenoxy) is 2. The zero-order valence-electron chi connectivity index (χ0n) is 15.7. The van der Waals surface area contributed by atoms with Crippen LogP contribution in [0.5, 0.6) is 0 Å². The summed E-state index contributed by atoms with van der Waals surface area (Å²) in [5.41, 5.74) is -0.129. The van der Waals surface area contributed by atoms with E-state index in [0.29, 0.717) is 0 Å². The van der Waals surface area contributed by atoms with Crippen LogP contribution in [0.4, 0.5) is 4.79 Å². The van der Waals surface area contributed by atoms with Gasteiger partial charge in [0.2, 0.25) is 5.91 Å². The van der Waals surface area contributed by atoms with Gasteiger partial charge in [-0.2, -0.15) is 0 Å². The Kier molecular flexibility index (Phi) is 6.57. The lowest BCUT2D eigenvalue weighted by Crippen LogP contribution is -2.55. The summed E-state index contributed by atoms with van der Waals surface area (Å²) in [7, 11) is 1.35. The number of carbonyl (C=O) groups excluding carboxylic acids is 2. The van der Waals surface area contributed by atoms with Crippen molar-refractivity contribution in [2.24, 2.45) is 0 Å². The number of hydrogen-bond donors (Lipinski definition) is 1. The van der Waals surface area contributed by atoms with E-state index in [2.05, 4.69) is 10.2 Å². The maximum atomic E-state index is 12.7. The van der Waals surface area contributed by atoms with E-state index in [0.717, 1.165) is 5.56 Å². The van der Waals surface area contributed by atoms with Crippen LogP contribution in [0, 0.1) is 0 Å². The van der Waals surface area contributed by atoms with Crippen LogP contribution in [0.3, 0.4) is 0 Å². The zero-order chi connectivity index (χ0) is 19.3. The molecule has 8 nitrogen and oxygen atoms in total. The van der Waals surface area contributed by atoms with Crippen LogP contribution in [-0.4, -0.2) is 48.1 Å². The molecule has 26 heavy (non-hydrogen) atoms. The van der Waals surface area contributed by atoms with E-state index < -0.39 is 36.1 Å². The van der Waals surface area contributed by atoms with Crippen LogP contribution < -0.4 is 5.32 Å². The van der Waals surface area contributed by atoms with Gasteiger partial charge in [-0.1, -0.05) is 30.3 Å². The average Bonchev–Trinajstić information content (AvgIpc) is 2.82. The van der Waals surface area contributed by atoms with E-state index in [1.165, 1.54) is 12.0 Å². The number of benzene rings is 1. The molecule has 1 saturated heterocycles. The molecule has 1 aliphatic rings. The Labute approximate surface area is 153 Å². The fourth-order valence-electron chi connectivity index (χ4n) is 3.03. The van der Waals surface area contributed by atoms with Gasteiger partial charge in [0.15, 0.2) is 6.23 Å². The first kappa shape index (κ1) is 20.2. The molecule has 8 heteroatoms. The van der Waals surface area contributed by atoms with Crippen molar-refractivity contribution in [2.75, 3.05) is 7.11 Å². The molecule has 3 atom stereocenters. The Hall–Kier alpha value is -2.16. The van der Waals surface area contributed by atoms with Crippen LogP contribution >= 0.6 is 0 Å². The van der Waals surface area contributed by atoms with Crippen molar-refractivity contribution < 1.29 is 28.8 Å². The Morgan fingerprint density at radius 3 is 2.58 bits per heavy atom. The highest BCUT2D eigenvalue weighted by molar-refractivity contribution is 5.87. The normalized spacial score (nSPS) is 22.7. The molecule has 2 rings (SSSR count). The number of nitrogens with one attached hydrogen (secondary N) is 1. The number of rotatable bonds is 6. The number of carbonyl (C=O) groups is 2. The van der Waals surface area contributed by atoms with Gasteiger partial charge in [-0.3, -0.25) is 9.69 Å². The molecule has 1 aromatic rings. The van der Waals surface area contributed by atoms with Gasteiger partial charge in [-0.15, -0.1) is 0 Å². The average molecular weight is 366 g/mol. The first-order valence-corrected chi connectivity index (χ1v) is 8.44. The number of nitrogens with zero attached hydrogens (tertiary/aromatic N) is 1. The first-order valence-electron chi connectivity index (χ1n) is 8.44. The largest absolute Gasteiger partial charge is 0.444 e. The molecule has 144 valence electrons. The number of hydrogen-bond acceptors (Lipinski definition) is 6. The van der Waals surface area contributed by atoms with Gasteiger partial charge in [0.1, 0.15) is 18.4 Å². The predicted octanol–water partition coefficient (Wildman–Crippen LogP) is 2.19. The van der Waals surface area contributed by atoms with Crippen molar-refractivity contribution in [1.82, 2.24) is 10.2 Å². The summed E-state index contributed by atoms with van der Waals surface area (Å²) in [6.07, 6.45) is -1.81. The van der Waals surface area contributed by atoms with Crippen molar-refractivity contribution in [3.63, 3.8) is 0 Å². The second kappa shape index (κ2) is 8.48. The van der Waals surface area contributed by atoms with Crippen molar-refractivity contribution in [1.29, 1.82) is 0 Å². The minimum atomic E-state index is -0.986. The molecule has 1 aromatic carbocycles. The van der Waals surface area contributed by atoms with Gasteiger partial charge in [0, 0.05) is 0 Å². The first-order chi connectivity index (χ1) is 12.3. The van der Waals surface area contributed by atoms with Gasteiger partial charge < -0.3 is 14.8 Å². The molecule has 1 N–H and O–H groups in total. The Bertz CT molecular complexity index is 621. The molecule has 0 radical (unpaired) electrons. The van der Waals surface area contributed by atoms with Crippen molar-refractivity contribution in [3.05, 3.63) is 35.9 Å². The van der Waals surface area contributed by atoms with E-state index in [1.54, 1.807) is 27.7 Å². The molecule has 0 aliphatic carbocycles. The summed E-state index contributed by atoms with van der Waals surface area (Å²) in [5, 5.41) is 2.63. The third-order valence-corrected chi connectivity index (χ3v) is 4.03. The van der Waals surface area contributed by atoms with Gasteiger partial charge >= 0.3 is 6.09 Å². The number of amides is 2. The molecule has 1 heterocycles. The molecule has 0 unspecified atom stereocenters. The minimum absolute atomic E-state index is 0.109. The van der Waals surface area contributed by atoms with Crippen LogP contribution in [-0.2, 0) is 30.7 Å². The minimum Gasteiger partial charge on any atom is -0.444 e. The molecule has 0 bridgehead atoms. The molecule has 1 fully saturated rings. The molecule has 2 amide bonds. The van der Waals surface area contributed by atoms with E-state index in [1.807, 2.05) is 30.3 Å². The smallest absolute Gasteiger partial charge is 0.413 e. The molecular formula is C18H26N2O6. The maximum absolute atomic E-state index is 12.7. The summed E-state index contributed by atoms with van der Waals surface area (Å²) in [6, 6.07) is 8.47. The third kappa shape index (κ3) is 4.72. The van der Waals surface area contributed by atoms with Gasteiger partial charge in [-0.05, 0) is 33.3 Å². The van der Waals surface area contributed by atoms with Crippen LogP contribution in [0.25, 0.3) is 0 Å². The highest BCUT2D eigenvalue weighted by atomic mass is 17.2. The van der Waals surface area contributed by atoms with Gasteiger partial charge in [0.25, 0.3) is 0 Å². The Morgan fingerprint density at radius 2 is 1.96 bits per heavy atom. The summed E-state index contributed by atoms with van der Waals surface area (Å²) < 4.78 is 11.2. The van der Waals surface area contributed by atoms with Crippen molar-refractivity contribution in [3.8, 4) is 0 Å². The summed E-state index contributed by atoms with van der Waals surface area (Å²) in [4.78, 5) is 36.0. The second-order valence-corrected chi connectivity index (χ2v) is 6.54. The van der Waals surface area contributed by atoms with Crippen LogP contribution in [0.1, 0.15) is 33.3 Å². The second-order valence-electron chi connectivity index (χ2n) is 6.54. The van der Waals surface area contributed by atoms with Crippen LogP contribution in [0.2, 0.25) is 0 Å². The lowest BCUT2D eigenvalue weighted by Gasteiger charge is -2.32. The monoisotopic (exact) mass is 366 g/mol. The lowest BCUT2D eigenvalue weighted by molar-refractivity contribution is -0.305. The zero-order valence-corrected chi connectivity index (χ0v) is 15.7. The van der Waals surface area contributed by atoms with E-state index in [9.17, 15) is 9.59 Å². The molecule has 0 aromatic heterocycles. The highest BCUT2D eigenvalue weighted by Gasteiger charge is 2.52. The van der Waals surface area contributed by atoms with Gasteiger partial charge in [0.05, 0.1) is 13.2 Å². The maximum Gasteiger partial charge on any atom is 0.413 e. The molecule has 0 saturated carbocycles. The van der Waals surface area contributed by atoms with E-state index >= 15 is 0 Å². The fourth-order valence-corrected chi connectivity index (χ4v) is 3.03. The van der Waals surface area contributed by atoms with Crippen LogP contribution in [0.15, 0.2) is 30.3 Å². The standard InChI is InChI=1S/C18H26N2O6/c1-12-15(16(21)19-13(2)26-23-5)20(18(3,4)25-12)17(22)24-11-14-9-7-6-8-10-14/h6-10,12-13,15H,11H2,1-5H3,(H,19,21)/t12-,13+,15+/m1/s1. The summed E-state index contributed by atoms with van der Waals surface area (Å²) >= 11 is 0. The Balaban J connectivity index is 2.10. The van der Waals surface area contributed by atoms with Gasteiger partial charge in [-0.25, -0.2) is 14.6 Å². The molecular weight excluding hydrogens is 340 g/mol. The molecule has 0 spiro atoms. The third-order valence-electron chi connectivity index (χ3n) is 4.03. The lowest BCUT2D eigenvalue weighted by atomic mass is 10.1. The topological polar surface area (TPSA) is 86.3 Å². The summed E-state index contributed by atoms with van der Waals surface area (Å²) in [5.74, 6) is -0.413. The highest BCUT2D eigenvalue weighted by Crippen LogP contribution is 2.33. The quantitative estimate of drug-likeness (QED) is 0.472. The SMILES string of the molecule is COO[C@@H](C)NC(=O)[C@@H]1[C@@H](C)OC(C)(C)N1C(=O)OCc1ccccc1. The molecule has 1 aliphatic heterocycles. The van der Waals surface area contributed by atoms with Crippen molar-refractivity contribution >= 4 is 12.0 Å². The Morgan fingerprint density at radius 1 is 1.31 bits per heavy atom.